The molecular formula is C19H24N4. The summed E-state index contributed by atoms with van der Waals surface area (Å²) in [6.45, 7) is 4.58. The molecule has 0 saturated carbocycles. The van der Waals surface area contributed by atoms with Gasteiger partial charge in [-0.1, -0.05) is 31.2 Å². The van der Waals surface area contributed by atoms with Crippen LogP contribution in [0.3, 0.4) is 0 Å². The van der Waals surface area contributed by atoms with Gasteiger partial charge in [0.1, 0.15) is 0 Å². The number of H-pyrrole nitrogens is 1. The topological polar surface area (TPSA) is 67.6 Å². The Bertz CT molecular complexity index is 895. The molecule has 2 heterocycles. The minimum Gasteiger partial charge on any atom is -0.330 e. The number of hydrogen-bond acceptors (Lipinski definition) is 3. The minimum atomic E-state index is -0.151. The van der Waals surface area contributed by atoms with Gasteiger partial charge in [0.2, 0.25) is 0 Å². The van der Waals surface area contributed by atoms with Crippen LogP contribution in [0.2, 0.25) is 0 Å². The van der Waals surface area contributed by atoms with Gasteiger partial charge < -0.3 is 5.73 Å². The lowest BCUT2D eigenvalue weighted by Gasteiger charge is -2.27. The summed E-state index contributed by atoms with van der Waals surface area (Å²) in [5.74, 6) is 6.14. The van der Waals surface area contributed by atoms with Crippen molar-refractivity contribution in [2.24, 2.45) is 5.73 Å². The van der Waals surface area contributed by atoms with Crippen molar-refractivity contribution in [3.63, 3.8) is 0 Å². The number of hydrogen-bond donors (Lipinski definition) is 2. The molecule has 3 aromatic rings. The van der Waals surface area contributed by atoms with Crippen LogP contribution in [0.5, 0.6) is 0 Å². The van der Waals surface area contributed by atoms with Gasteiger partial charge in [-0.2, -0.15) is 5.10 Å². The average Bonchev–Trinajstić information content (AvgIpc) is 3.08. The number of aromatic nitrogens is 3. The molecule has 0 bridgehead atoms. The lowest BCUT2D eigenvalue weighted by molar-refractivity contribution is 0.498. The summed E-state index contributed by atoms with van der Waals surface area (Å²) in [5.41, 5.74) is 10.2. The molecule has 23 heavy (non-hydrogen) atoms. The highest BCUT2D eigenvalue weighted by Crippen LogP contribution is 2.32. The maximum Gasteiger partial charge on any atom is 0.155 e. The molecule has 1 atom stereocenters. The van der Waals surface area contributed by atoms with Crippen LogP contribution in [0.25, 0.3) is 22.2 Å². The fraction of sp³-hybridized carbons (Fsp3) is 0.263. The number of benzene rings is 1. The SMILES string of the molecule is CC#CCC(C)(CN)c1cccc(-c2ccnc3[nH]ncc23)c1.[HH].[HH]. The fourth-order valence-corrected chi connectivity index (χ4v) is 2.74. The van der Waals surface area contributed by atoms with Gasteiger partial charge in [0.15, 0.2) is 5.65 Å². The predicted octanol–water partition coefficient (Wildman–Crippen LogP) is 3.75. The molecule has 0 aliphatic carbocycles. The Kier molecular flexibility index (Phi) is 4.14. The van der Waals surface area contributed by atoms with Crippen molar-refractivity contribution in [3.8, 4) is 23.0 Å². The zero-order chi connectivity index (χ0) is 16.3. The summed E-state index contributed by atoms with van der Waals surface area (Å²) < 4.78 is 0. The first kappa shape index (κ1) is 15.3. The minimum absolute atomic E-state index is 0. The Labute approximate surface area is 139 Å². The van der Waals surface area contributed by atoms with Gasteiger partial charge in [-0.05, 0) is 29.7 Å². The molecule has 0 saturated heterocycles. The summed E-state index contributed by atoms with van der Waals surface area (Å²) >= 11 is 0. The summed E-state index contributed by atoms with van der Waals surface area (Å²) in [5, 5.41) is 8.02. The first-order chi connectivity index (χ1) is 11.2. The van der Waals surface area contributed by atoms with E-state index in [2.05, 4.69) is 58.2 Å². The second kappa shape index (κ2) is 6.23. The van der Waals surface area contributed by atoms with Crippen molar-refractivity contribution < 1.29 is 2.85 Å². The second-order valence-corrected chi connectivity index (χ2v) is 5.94. The lowest BCUT2D eigenvalue weighted by Crippen LogP contribution is -2.31. The molecule has 0 radical (unpaired) electrons. The van der Waals surface area contributed by atoms with Gasteiger partial charge in [-0.3, -0.25) is 5.10 Å². The van der Waals surface area contributed by atoms with Gasteiger partial charge >= 0.3 is 0 Å². The zero-order valence-electron chi connectivity index (χ0n) is 13.4. The molecule has 4 heteroatoms. The van der Waals surface area contributed by atoms with E-state index in [9.17, 15) is 0 Å². The van der Waals surface area contributed by atoms with Crippen molar-refractivity contribution in [1.29, 1.82) is 0 Å². The number of rotatable bonds is 4. The molecule has 1 aromatic carbocycles. The van der Waals surface area contributed by atoms with Crippen molar-refractivity contribution in [1.82, 2.24) is 15.2 Å². The maximum atomic E-state index is 6.05. The molecule has 0 aliphatic heterocycles. The normalized spacial score (nSPS) is 13.3. The van der Waals surface area contributed by atoms with Crippen molar-refractivity contribution in [2.45, 2.75) is 25.7 Å². The molecule has 2 aromatic heterocycles. The lowest BCUT2D eigenvalue weighted by atomic mass is 9.79. The Morgan fingerprint density at radius 3 is 3.00 bits per heavy atom. The molecule has 0 fully saturated rings. The molecule has 120 valence electrons. The smallest absolute Gasteiger partial charge is 0.155 e. The number of aromatic amines is 1. The van der Waals surface area contributed by atoms with Crippen LogP contribution >= 0.6 is 0 Å². The van der Waals surface area contributed by atoms with E-state index in [1.807, 2.05) is 19.2 Å². The molecule has 3 N–H and O–H groups in total. The largest absolute Gasteiger partial charge is 0.330 e. The highest BCUT2D eigenvalue weighted by atomic mass is 15.1. The summed E-state index contributed by atoms with van der Waals surface area (Å²) in [7, 11) is 0. The summed E-state index contributed by atoms with van der Waals surface area (Å²) in [4.78, 5) is 4.30. The van der Waals surface area contributed by atoms with Gasteiger partial charge in [0.25, 0.3) is 0 Å². The van der Waals surface area contributed by atoms with Crippen LogP contribution in [-0.4, -0.2) is 21.7 Å². The Morgan fingerprint density at radius 1 is 1.35 bits per heavy atom. The number of nitrogens with two attached hydrogens (primary N) is 1. The Hall–Kier alpha value is -2.64. The summed E-state index contributed by atoms with van der Waals surface area (Å²) in [6.07, 6.45) is 4.36. The van der Waals surface area contributed by atoms with E-state index in [0.29, 0.717) is 6.54 Å². The second-order valence-electron chi connectivity index (χ2n) is 5.94. The van der Waals surface area contributed by atoms with Crippen LogP contribution in [0.1, 0.15) is 28.7 Å². The van der Waals surface area contributed by atoms with E-state index >= 15 is 0 Å². The molecule has 0 spiro atoms. The zero-order valence-corrected chi connectivity index (χ0v) is 13.4. The number of pyridine rings is 1. The fourth-order valence-electron chi connectivity index (χ4n) is 2.74. The number of nitrogens with one attached hydrogen (secondary N) is 1. The maximum absolute atomic E-state index is 6.05. The van der Waals surface area contributed by atoms with E-state index in [0.717, 1.165) is 28.6 Å². The molecular weight excluding hydrogens is 284 g/mol. The first-order valence-electron chi connectivity index (χ1n) is 7.66. The average molecular weight is 308 g/mol. The van der Waals surface area contributed by atoms with Crippen molar-refractivity contribution >= 4 is 11.0 Å². The van der Waals surface area contributed by atoms with E-state index in [1.54, 1.807) is 6.20 Å². The van der Waals surface area contributed by atoms with E-state index in [-0.39, 0.29) is 8.27 Å². The monoisotopic (exact) mass is 308 g/mol. The van der Waals surface area contributed by atoms with Crippen LogP contribution in [0, 0.1) is 11.8 Å². The highest BCUT2D eigenvalue weighted by Gasteiger charge is 2.24. The van der Waals surface area contributed by atoms with Gasteiger partial charge in [-0.15, -0.1) is 11.8 Å². The standard InChI is InChI=1S/C19H20N4.2H2/c1-3-4-9-19(2,13-20)15-7-5-6-14(11-15)16-8-10-21-18-17(16)12-22-23-18;;/h5-8,10-12H,9,13,20H2,1-2H3,(H,21,22,23);2*1H. The van der Waals surface area contributed by atoms with Gasteiger partial charge in [-0.25, -0.2) is 4.98 Å². The predicted molar refractivity (Wildman–Crippen MR) is 98.0 cm³/mol. The van der Waals surface area contributed by atoms with Crippen LogP contribution < -0.4 is 5.73 Å². The highest BCUT2D eigenvalue weighted by molar-refractivity contribution is 5.92. The number of nitrogens with zero attached hydrogens (tertiary/aromatic N) is 2. The quantitative estimate of drug-likeness (QED) is 0.721. The molecule has 3 rings (SSSR count). The Balaban J connectivity index is 0.00000156. The van der Waals surface area contributed by atoms with Crippen LogP contribution in [0.15, 0.2) is 42.7 Å². The third kappa shape index (κ3) is 2.84. The first-order valence-corrected chi connectivity index (χ1v) is 7.66. The third-order valence-electron chi connectivity index (χ3n) is 4.33. The van der Waals surface area contributed by atoms with Crippen LogP contribution in [0.4, 0.5) is 0 Å². The van der Waals surface area contributed by atoms with E-state index in [1.165, 1.54) is 5.56 Å². The van der Waals surface area contributed by atoms with Crippen molar-refractivity contribution in [2.75, 3.05) is 6.54 Å². The van der Waals surface area contributed by atoms with Gasteiger partial charge in [0, 0.05) is 32.8 Å². The molecule has 0 aliphatic rings. The third-order valence-corrected chi connectivity index (χ3v) is 4.33. The summed E-state index contributed by atoms with van der Waals surface area (Å²) in [6, 6.07) is 10.5. The molecule has 1 unspecified atom stereocenters. The van der Waals surface area contributed by atoms with Gasteiger partial charge in [0.05, 0.1) is 6.20 Å². The molecule has 0 amide bonds. The Morgan fingerprint density at radius 2 is 2.22 bits per heavy atom. The van der Waals surface area contributed by atoms with E-state index in [4.69, 9.17) is 5.73 Å². The van der Waals surface area contributed by atoms with Crippen molar-refractivity contribution in [3.05, 3.63) is 48.3 Å². The molecule has 4 nitrogen and oxygen atoms in total. The van der Waals surface area contributed by atoms with Crippen LogP contribution in [-0.2, 0) is 5.41 Å². The van der Waals surface area contributed by atoms with E-state index < -0.39 is 0 Å². The number of fused-ring (bicyclic) bond motifs is 1.